The Morgan fingerprint density at radius 3 is 0.820 bits per heavy atom. The molecule has 0 N–H and O–H groups in total. The van der Waals surface area contributed by atoms with Crippen molar-refractivity contribution in [2.75, 3.05) is 13.2 Å². The molecule has 1 atom stereocenters. The minimum Gasteiger partial charge on any atom is -0.462 e. The number of hydrogen-bond donors (Lipinski definition) is 0. The highest BCUT2D eigenvalue weighted by Crippen LogP contribution is 2.16. The van der Waals surface area contributed by atoms with E-state index in [-0.39, 0.29) is 31.1 Å². The number of allylic oxidation sites excluding steroid dienone is 2. The van der Waals surface area contributed by atoms with Gasteiger partial charge < -0.3 is 14.2 Å². The lowest BCUT2D eigenvalue weighted by atomic mass is 10.0. The molecule has 0 aliphatic carbocycles. The molecule has 0 saturated heterocycles. The lowest BCUT2D eigenvalue weighted by Crippen LogP contribution is -2.30. The van der Waals surface area contributed by atoms with E-state index in [0.29, 0.717) is 19.3 Å². The van der Waals surface area contributed by atoms with Crippen molar-refractivity contribution in [3.8, 4) is 0 Å². The van der Waals surface area contributed by atoms with Crippen LogP contribution in [-0.4, -0.2) is 37.2 Å². The molecule has 0 heterocycles. The summed E-state index contributed by atoms with van der Waals surface area (Å²) >= 11 is 0. The summed E-state index contributed by atoms with van der Waals surface area (Å²) in [6, 6.07) is 0. The van der Waals surface area contributed by atoms with Crippen LogP contribution < -0.4 is 0 Å². The minimum absolute atomic E-state index is 0.0669. The van der Waals surface area contributed by atoms with Crippen LogP contribution in [0.3, 0.4) is 0 Å². The summed E-state index contributed by atoms with van der Waals surface area (Å²) in [5, 5.41) is 0. The van der Waals surface area contributed by atoms with Gasteiger partial charge in [-0.15, -0.1) is 0 Å². The molecular weight excluding hydrogens is 757 g/mol. The van der Waals surface area contributed by atoms with E-state index in [1.54, 1.807) is 0 Å². The predicted octanol–water partition coefficient (Wildman–Crippen LogP) is 17.8. The summed E-state index contributed by atoms with van der Waals surface area (Å²) in [7, 11) is 0. The number of carbonyl (C=O) groups is 3. The number of carbonyl (C=O) groups excluding carboxylic acids is 3. The Morgan fingerprint density at radius 1 is 0.311 bits per heavy atom. The molecule has 6 nitrogen and oxygen atoms in total. The van der Waals surface area contributed by atoms with E-state index in [0.717, 1.165) is 64.2 Å². The minimum atomic E-state index is -0.766. The number of esters is 3. The summed E-state index contributed by atoms with van der Waals surface area (Å²) in [6.07, 6.45) is 56.2. The maximum Gasteiger partial charge on any atom is 0.306 e. The molecule has 0 amide bonds. The molecule has 61 heavy (non-hydrogen) atoms. The van der Waals surface area contributed by atoms with Crippen LogP contribution in [0.1, 0.15) is 303 Å². The first-order chi connectivity index (χ1) is 30.0. The van der Waals surface area contributed by atoms with E-state index in [2.05, 4.69) is 32.9 Å². The van der Waals surface area contributed by atoms with Crippen molar-refractivity contribution in [1.82, 2.24) is 0 Å². The van der Waals surface area contributed by atoms with Crippen molar-refractivity contribution in [1.29, 1.82) is 0 Å². The molecule has 0 aliphatic heterocycles. The van der Waals surface area contributed by atoms with E-state index in [9.17, 15) is 14.4 Å². The Labute approximate surface area is 380 Å². The van der Waals surface area contributed by atoms with Gasteiger partial charge in [0.15, 0.2) is 6.10 Å². The third-order valence-electron chi connectivity index (χ3n) is 12.3. The van der Waals surface area contributed by atoms with Crippen molar-refractivity contribution in [3.05, 3.63) is 12.2 Å². The fourth-order valence-corrected chi connectivity index (χ4v) is 8.14. The van der Waals surface area contributed by atoms with Gasteiger partial charge in [0.2, 0.25) is 0 Å². The second-order valence-corrected chi connectivity index (χ2v) is 18.5. The monoisotopic (exact) mass is 861 g/mol. The molecular formula is C55H104O6. The van der Waals surface area contributed by atoms with Gasteiger partial charge in [-0.25, -0.2) is 0 Å². The van der Waals surface area contributed by atoms with E-state index in [4.69, 9.17) is 14.2 Å². The first kappa shape index (κ1) is 59.1. The van der Waals surface area contributed by atoms with Crippen LogP contribution in [0.25, 0.3) is 0 Å². The largest absolute Gasteiger partial charge is 0.462 e. The lowest BCUT2D eigenvalue weighted by molar-refractivity contribution is -0.167. The number of ether oxygens (including phenoxy) is 3. The van der Waals surface area contributed by atoms with Gasteiger partial charge in [0.1, 0.15) is 13.2 Å². The normalized spacial score (nSPS) is 12.0. The zero-order chi connectivity index (χ0) is 44.4. The molecule has 0 aliphatic rings. The number of unbranched alkanes of at least 4 members (excludes halogenated alkanes) is 37. The summed E-state index contributed by atoms with van der Waals surface area (Å²) in [6.45, 7) is 6.67. The molecule has 0 fully saturated rings. The summed E-state index contributed by atoms with van der Waals surface area (Å²) < 4.78 is 16.8. The van der Waals surface area contributed by atoms with Gasteiger partial charge in [0.05, 0.1) is 0 Å². The van der Waals surface area contributed by atoms with Crippen LogP contribution in [0.15, 0.2) is 12.2 Å². The molecule has 0 aromatic heterocycles. The highest BCUT2D eigenvalue weighted by Gasteiger charge is 2.19. The summed E-state index contributed by atoms with van der Waals surface area (Å²) in [5.74, 6) is -0.855. The molecule has 360 valence electrons. The van der Waals surface area contributed by atoms with Crippen molar-refractivity contribution < 1.29 is 28.6 Å². The average molecular weight is 861 g/mol. The molecule has 0 rings (SSSR count). The highest BCUT2D eigenvalue weighted by molar-refractivity contribution is 5.71. The summed E-state index contributed by atoms with van der Waals surface area (Å²) in [5.41, 5.74) is 0. The highest BCUT2D eigenvalue weighted by atomic mass is 16.6. The van der Waals surface area contributed by atoms with E-state index >= 15 is 0 Å². The number of hydrogen-bond acceptors (Lipinski definition) is 6. The molecule has 0 aromatic carbocycles. The molecule has 0 saturated carbocycles. The van der Waals surface area contributed by atoms with E-state index in [1.807, 2.05) is 0 Å². The van der Waals surface area contributed by atoms with Crippen molar-refractivity contribution >= 4 is 17.9 Å². The van der Waals surface area contributed by atoms with Crippen LogP contribution in [0.4, 0.5) is 0 Å². The van der Waals surface area contributed by atoms with Crippen LogP contribution in [0, 0.1) is 0 Å². The Hall–Kier alpha value is -1.85. The molecule has 6 heteroatoms. The second kappa shape index (κ2) is 50.8. The number of rotatable bonds is 50. The standard InChI is InChI=1S/C55H104O6/c1-4-7-10-13-16-19-22-25-27-30-33-36-39-42-45-48-54(57)60-51-52(50-59-53(56)47-44-41-38-35-32-29-24-21-18-15-12-9-6-3)61-55(58)49-46-43-40-37-34-31-28-26-23-20-17-14-11-8-5-2/h25,27,52H,4-24,26,28-51H2,1-3H3/b27-25-/t52-/m1/s1. The Morgan fingerprint density at radius 2 is 0.541 bits per heavy atom. The molecule has 0 spiro atoms. The fourth-order valence-electron chi connectivity index (χ4n) is 8.14. The van der Waals surface area contributed by atoms with Gasteiger partial charge in [0, 0.05) is 19.3 Å². The van der Waals surface area contributed by atoms with Gasteiger partial charge in [-0.1, -0.05) is 251 Å². The van der Waals surface area contributed by atoms with Crippen LogP contribution >= 0.6 is 0 Å². The lowest BCUT2D eigenvalue weighted by Gasteiger charge is -2.18. The van der Waals surface area contributed by atoms with Crippen LogP contribution in [0.2, 0.25) is 0 Å². The second-order valence-electron chi connectivity index (χ2n) is 18.5. The van der Waals surface area contributed by atoms with Gasteiger partial charge >= 0.3 is 17.9 Å². The maximum atomic E-state index is 12.8. The zero-order valence-corrected chi connectivity index (χ0v) is 41.2. The molecule has 0 unspecified atom stereocenters. The SMILES string of the molecule is CCCCCCCC/C=C\CCCCCCCC(=O)OC[C@@H](COC(=O)CCCCCCCCCCCCCCC)OC(=O)CCCCCCCCCCCCCCCCC. The third-order valence-corrected chi connectivity index (χ3v) is 12.3. The first-order valence-corrected chi connectivity index (χ1v) is 27.2. The maximum absolute atomic E-state index is 12.8. The third kappa shape index (κ3) is 49.0. The Bertz CT molecular complexity index is 947. The topological polar surface area (TPSA) is 78.9 Å². The first-order valence-electron chi connectivity index (χ1n) is 27.2. The fraction of sp³-hybridized carbons (Fsp3) is 0.909. The Balaban J connectivity index is 4.33. The molecule has 0 radical (unpaired) electrons. The van der Waals surface area contributed by atoms with Crippen molar-refractivity contribution in [2.24, 2.45) is 0 Å². The smallest absolute Gasteiger partial charge is 0.306 e. The predicted molar refractivity (Wildman–Crippen MR) is 261 cm³/mol. The Kier molecular flexibility index (Phi) is 49.3. The van der Waals surface area contributed by atoms with Crippen molar-refractivity contribution in [2.45, 2.75) is 309 Å². The average Bonchev–Trinajstić information content (AvgIpc) is 3.26. The van der Waals surface area contributed by atoms with Gasteiger partial charge in [-0.3, -0.25) is 14.4 Å². The van der Waals surface area contributed by atoms with Crippen molar-refractivity contribution in [3.63, 3.8) is 0 Å². The van der Waals surface area contributed by atoms with Crippen LogP contribution in [0.5, 0.6) is 0 Å². The molecule has 0 bridgehead atoms. The molecule has 0 aromatic rings. The van der Waals surface area contributed by atoms with Gasteiger partial charge in [-0.2, -0.15) is 0 Å². The van der Waals surface area contributed by atoms with E-state index in [1.165, 1.54) is 199 Å². The van der Waals surface area contributed by atoms with Crippen LogP contribution in [-0.2, 0) is 28.6 Å². The zero-order valence-electron chi connectivity index (χ0n) is 41.2. The van der Waals surface area contributed by atoms with Gasteiger partial charge in [-0.05, 0) is 44.9 Å². The van der Waals surface area contributed by atoms with Gasteiger partial charge in [0.25, 0.3) is 0 Å². The van der Waals surface area contributed by atoms with E-state index < -0.39 is 6.10 Å². The summed E-state index contributed by atoms with van der Waals surface area (Å²) in [4.78, 5) is 38.0. The quantitative estimate of drug-likeness (QED) is 0.0262.